The Morgan fingerprint density at radius 1 is 1.17 bits per heavy atom. The van der Waals surface area contributed by atoms with E-state index in [0.29, 0.717) is 30.3 Å². The van der Waals surface area contributed by atoms with Crippen LogP contribution in [0.15, 0.2) is 18.2 Å². The first-order chi connectivity index (χ1) is 10.4. The van der Waals surface area contributed by atoms with E-state index in [0.717, 1.165) is 23.9 Å². The van der Waals surface area contributed by atoms with Crippen LogP contribution in [0.4, 0.5) is 0 Å². The van der Waals surface area contributed by atoms with Gasteiger partial charge in [-0.1, -0.05) is 19.4 Å². The molecular formula is C17H28INO4. The van der Waals surface area contributed by atoms with E-state index in [4.69, 9.17) is 14.2 Å². The van der Waals surface area contributed by atoms with E-state index in [1.165, 1.54) is 0 Å². The summed E-state index contributed by atoms with van der Waals surface area (Å²) in [6.45, 7) is 3.76. The van der Waals surface area contributed by atoms with E-state index < -0.39 is 0 Å². The van der Waals surface area contributed by atoms with Crippen molar-refractivity contribution in [1.82, 2.24) is 0 Å². The summed E-state index contributed by atoms with van der Waals surface area (Å²) in [5.74, 6) is 0.643. The van der Waals surface area contributed by atoms with Crippen LogP contribution in [-0.2, 0) is 4.74 Å². The van der Waals surface area contributed by atoms with Gasteiger partial charge in [0.2, 0.25) is 0 Å². The Bertz CT molecular complexity index is 486. The fraction of sp³-hybridized carbons (Fsp3) is 0.588. The third-order valence-electron chi connectivity index (χ3n) is 3.16. The summed E-state index contributed by atoms with van der Waals surface area (Å²) in [7, 11) is 7.73. The van der Waals surface area contributed by atoms with Crippen molar-refractivity contribution in [2.24, 2.45) is 0 Å². The highest BCUT2D eigenvalue weighted by Crippen LogP contribution is 2.31. The summed E-state index contributed by atoms with van der Waals surface area (Å²) in [5, 5.41) is 0. The van der Waals surface area contributed by atoms with Crippen LogP contribution in [0.25, 0.3) is 0 Å². The summed E-state index contributed by atoms with van der Waals surface area (Å²) in [4.78, 5) is 12.3. The molecule has 0 radical (unpaired) electrons. The molecule has 0 aliphatic rings. The maximum absolute atomic E-state index is 12.3. The molecule has 6 heteroatoms. The Balaban J connectivity index is 0.00000484. The lowest BCUT2D eigenvalue weighted by Crippen LogP contribution is -3.00. The highest BCUT2D eigenvalue weighted by molar-refractivity contribution is 5.93. The summed E-state index contributed by atoms with van der Waals surface area (Å²) >= 11 is 0. The van der Waals surface area contributed by atoms with Crippen molar-refractivity contribution in [3.63, 3.8) is 0 Å². The van der Waals surface area contributed by atoms with Gasteiger partial charge in [-0.15, -0.1) is 0 Å². The number of ether oxygens (including phenoxy) is 3. The molecular weight excluding hydrogens is 409 g/mol. The first-order valence-corrected chi connectivity index (χ1v) is 7.66. The number of hydrogen-bond acceptors (Lipinski definition) is 4. The quantitative estimate of drug-likeness (QED) is 0.231. The van der Waals surface area contributed by atoms with Gasteiger partial charge in [-0.05, 0) is 18.6 Å². The van der Waals surface area contributed by atoms with Crippen molar-refractivity contribution in [3.05, 3.63) is 23.8 Å². The molecule has 1 aromatic rings. The van der Waals surface area contributed by atoms with Gasteiger partial charge >= 0.3 is 5.97 Å². The molecule has 0 heterocycles. The minimum atomic E-state index is -0.376. The maximum atomic E-state index is 12.3. The van der Waals surface area contributed by atoms with E-state index in [-0.39, 0.29) is 29.9 Å². The molecule has 0 amide bonds. The minimum absolute atomic E-state index is 0. The van der Waals surface area contributed by atoms with E-state index in [9.17, 15) is 4.79 Å². The summed E-state index contributed by atoms with van der Waals surface area (Å²) in [5.41, 5.74) is 0.414. The molecule has 132 valence electrons. The zero-order valence-electron chi connectivity index (χ0n) is 14.7. The fourth-order valence-corrected chi connectivity index (χ4v) is 1.79. The predicted molar refractivity (Wildman–Crippen MR) is 86.6 cm³/mol. The smallest absolute Gasteiger partial charge is 0.342 e. The monoisotopic (exact) mass is 437 g/mol. The fourth-order valence-electron chi connectivity index (χ4n) is 1.79. The lowest BCUT2D eigenvalue weighted by Gasteiger charge is -2.23. The second kappa shape index (κ2) is 10.7. The van der Waals surface area contributed by atoms with Gasteiger partial charge in [-0.3, -0.25) is 0 Å². The molecule has 0 bridgehead atoms. The first-order valence-electron chi connectivity index (χ1n) is 7.66. The number of halogens is 1. The largest absolute Gasteiger partial charge is 1.00 e. The Labute approximate surface area is 156 Å². The SMILES string of the molecule is CCCCOc1c(OC)cccc1C(=O)OCC[N+](C)(C)C.[I-]. The number of hydrogen-bond donors (Lipinski definition) is 0. The molecule has 0 aliphatic heterocycles. The van der Waals surface area contributed by atoms with Crippen LogP contribution in [-0.4, -0.2) is 58.5 Å². The average molecular weight is 437 g/mol. The Kier molecular flexibility index (Phi) is 10.2. The van der Waals surface area contributed by atoms with Gasteiger partial charge in [0.25, 0.3) is 0 Å². The van der Waals surface area contributed by atoms with Crippen molar-refractivity contribution < 1.29 is 47.5 Å². The number of carbonyl (C=O) groups is 1. The summed E-state index contributed by atoms with van der Waals surface area (Å²) < 4.78 is 17.1. The topological polar surface area (TPSA) is 44.8 Å². The number of unbranched alkanes of at least 4 members (excludes halogenated alkanes) is 1. The third kappa shape index (κ3) is 7.87. The zero-order valence-corrected chi connectivity index (χ0v) is 16.9. The Hall–Kier alpha value is -1.02. The normalized spacial score (nSPS) is 10.7. The van der Waals surface area contributed by atoms with Crippen LogP contribution in [0.3, 0.4) is 0 Å². The van der Waals surface area contributed by atoms with Crippen molar-refractivity contribution >= 4 is 5.97 Å². The van der Waals surface area contributed by atoms with E-state index in [1.807, 2.05) is 0 Å². The standard InChI is InChI=1S/C17H28NO4.HI/c1-6-7-12-21-16-14(9-8-10-15(16)20-5)17(19)22-13-11-18(2,3)4;/h8-10H,6-7,11-13H2,1-5H3;1H/q+1;/p-1. The number of quaternary nitrogens is 1. The van der Waals surface area contributed by atoms with Crippen molar-refractivity contribution in [3.8, 4) is 11.5 Å². The van der Waals surface area contributed by atoms with E-state index in [1.54, 1.807) is 25.3 Å². The number of benzene rings is 1. The van der Waals surface area contributed by atoms with Crippen LogP contribution in [0.1, 0.15) is 30.1 Å². The number of methoxy groups -OCH3 is 1. The molecule has 1 aromatic carbocycles. The number of rotatable bonds is 9. The maximum Gasteiger partial charge on any atom is 0.342 e. The Morgan fingerprint density at radius 3 is 2.43 bits per heavy atom. The molecule has 0 fully saturated rings. The second-order valence-electron chi connectivity index (χ2n) is 6.19. The Morgan fingerprint density at radius 2 is 1.87 bits per heavy atom. The predicted octanol–water partition coefficient (Wildman–Crippen LogP) is -0.259. The highest BCUT2D eigenvalue weighted by Gasteiger charge is 2.19. The average Bonchev–Trinajstić information content (AvgIpc) is 2.46. The van der Waals surface area contributed by atoms with Crippen molar-refractivity contribution in [2.75, 3.05) is 48.0 Å². The number of esters is 1. The number of para-hydroxylation sites is 1. The number of carbonyl (C=O) groups excluding carboxylic acids is 1. The molecule has 0 saturated heterocycles. The van der Waals surface area contributed by atoms with Gasteiger partial charge in [0, 0.05) is 0 Å². The molecule has 23 heavy (non-hydrogen) atoms. The van der Waals surface area contributed by atoms with Gasteiger partial charge in [-0.2, -0.15) is 0 Å². The van der Waals surface area contributed by atoms with E-state index >= 15 is 0 Å². The highest BCUT2D eigenvalue weighted by atomic mass is 127. The van der Waals surface area contributed by atoms with Gasteiger partial charge in [-0.25, -0.2) is 4.79 Å². The van der Waals surface area contributed by atoms with Crippen LogP contribution < -0.4 is 33.5 Å². The second-order valence-corrected chi connectivity index (χ2v) is 6.19. The number of nitrogens with zero attached hydrogens (tertiary/aromatic N) is 1. The third-order valence-corrected chi connectivity index (χ3v) is 3.16. The molecule has 0 saturated carbocycles. The molecule has 5 nitrogen and oxygen atoms in total. The minimum Gasteiger partial charge on any atom is -1.00 e. The van der Waals surface area contributed by atoms with Crippen LogP contribution in [0.5, 0.6) is 11.5 Å². The van der Waals surface area contributed by atoms with Gasteiger partial charge in [0.05, 0.1) is 34.9 Å². The van der Waals surface area contributed by atoms with Gasteiger partial charge in [0.1, 0.15) is 18.7 Å². The van der Waals surface area contributed by atoms with Crippen LogP contribution >= 0.6 is 0 Å². The van der Waals surface area contributed by atoms with Gasteiger partial charge in [0.15, 0.2) is 11.5 Å². The van der Waals surface area contributed by atoms with E-state index in [2.05, 4.69) is 28.1 Å². The zero-order chi connectivity index (χ0) is 16.6. The molecule has 0 aliphatic carbocycles. The molecule has 0 N–H and O–H groups in total. The molecule has 0 aromatic heterocycles. The molecule has 0 unspecified atom stereocenters. The van der Waals surface area contributed by atoms with Crippen LogP contribution in [0, 0.1) is 0 Å². The number of likely N-dealkylation sites (N-methyl/N-ethyl adjacent to an activating group) is 1. The summed E-state index contributed by atoms with van der Waals surface area (Å²) in [6.07, 6.45) is 1.95. The lowest BCUT2D eigenvalue weighted by atomic mass is 10.2. The summed E-state index contributed by atoms with van der Waals surface area (Å²) in [6, 6.07) is 5.25. The van der Waals surface area contributed by atoms with Crippen molar-refractivity contribution in [1.29, 1.82) is 0 Å². The molecule has 1 rings (SSSR count). The lowest BCUT2D eigenvalue weighted by molar-refractivity contribution is -0.870. The molecule has 0 spiro atoms. The van der Waals surface area contributed by atoms with Crippen molar-refractivity contribution in [2.45, 2.75) is 19.8 Å². The first kappa shape index (κ1) is 22.0. The molecule has 0 atom stereocenters. The van der Waals surface area contributed by atoms with Gasteiger partial charge < -0.3 is 42.7 Å². The van der Waals surface area contributed by atoms with Crippen LogP contribution in [0.2, 0.25) is 0 Å².